The molecule has 0 radical (unpaired) electrons. The first-order valence-corrected chi connectivity index (χ1v) is 7.18. The molecule has 1 aliphatic carbocycles. The zero-order chi connectivity index (χ0) is 13.7. The Hall–Kier alpha value is -1.36. The summed E-state index contributed by atoms with van der Waals surface area (Å²) in [5, 5.41) is 0. The van der Waals surface area contributed by atoms with E-state index < -0.39 is 0 Å². The van der Waals surface area contributed by atoms with E-state index in [2.05, 4.69) is 39.9 Å². The van der Waals surface area contributed by atoms with Gasteiger partial charge in [0.15, 0.2) is 0 Å². The van der Waals surface area contributed by atoms with E-state index in [1.54, 1.807) is 6.33 Å². The van der Waals surface area contributed by atoms with Crippen LogP contribution in [0.15, 0.2) is 12.4 Å². The minimum atomic E-state index is 0.636. The second-order valence-corrected chi connectivity index (χ2v) is 5.35. The van der Waals surface area contributed by atoms with Crippen LogP contribution in [0.4, 0.5) is 11.6 Å². The van der Waals surface area contributed by atoms with Gasteiger partial charge in [-0.3, -0.25) is 0 Å². The third-order valence-electron chi connectivity index (χ3n) is 3.96. The molecule has 0 saturated heterocycles. The Morgan fingerprint density at radius 1 is 1.21 bits per heavy atom. The average molecular weight is 263 g/mol. The van der Waals surface area contributed by atoms with Crippen LogP contribution in [0.2, 0.25) is 0 Å². The van der Waals surface area contributed by atoms with Crippen LogP contribution >= 0.6 is 0 Å². The van der Waals surface area contributed by atoms with Crippen LogP contribution in [-0.2, 0) is 0 Å². The highest BCUT2D eigenvalue weighted by atomic mass is 15.2. The van der Waals surface area contributed by atoms with Gasteiger partial charge in [-0.25, -0.2) is 9.97 Å². The molecule has 2 N–H and O–H groups in total. The van der Waals surface area contributed by atoms with Crippen molar-refractivity contribution in [1.29, 1.82) is 0 Å². The quantitative estimate of drug-likeness (QED) is 0.845. The lowest BCUT2D eigenvalue weighted by molar-refractivity contribution is 0.645. The normalized spacial score (nSPS) is 15.7. The van der Waals surface area contributed by atoms with Gasteiger partial charge in [0.05, 0.1) is 0 Å². The molecule has 1 aromatic rings. The topological polar surface area (TPSA) is 58.3 Å². The number of nitrogens with two attached hydrogens (primary N) is 1. The Bertz CT molecular complexity index is 389. The van der Waals surface area contributed by atoms with Gasteiger partial charge in [-0.05, 0) is 25.8 Å². The minimum Gasteiger partial charge on any atom is -0.359 e. The van der Waals surface area contributed by atoms with Gasteiger partial charge in [0.2, 0.25) is 0 Å². The summed E-state index contributed by atoms with van der Waals surface area (Å²) in [6.45, 7) is 1.64. The smallest absolute Gasteiger partial charge is 0.134 e. The Balaban J connectivity index is 2.05. The average Bonchev–Trinajstić information content (AvgIpc) is 2.98. The Kier molecular flexibility index (Phi) is 4.96. The number of aromatic nitrogens is 2. The molecule has 19 heavy (non-hydrogen) atoms. The van der Waals surface area contributed by atoms with Crippen molar-refractivity contribution in [2.45, 2.75) is 38.1 Å². The van der Waals surface area contributed by atoms with Gasteiger partial charge in [-0.15, -0.1) is 0 Å². The van der Waals surface area contributed by atoms with Crippen molar-refractivity contribution in [1.82, 2.24) is 9.97 Å². The molecular weight excluding hydrogens is 238 g/mol. The predicted molar refractivity (Wildman–Crippen MR) is 79.6 cm³/mol. The molecule has 1 heterocycles. The molecule has 2 rings (SSSR count). The van der Waals surface area contributed by atoms with Gasteiger partial charge in [0, 0.05) is 32.7 Å². The molecule has 1 aliphatic rings. The number of hydrogen-bond donors (Lipinski definition) is 1. The Labute approximate surface area is 115 Å². The SMILES string of the molecule is CN(CCCN)c1cc(N(C)C2CCCC2)ncn1. The fourth-order valence-electron chi connectivity index (χ4n) is 2.66. The molecule has 106 valence electrons. The lowest BCUT2D eigenvalue weighted by Crippen LogP contribution is -2.30. The summed E-state index contributed by atoms with van der Waals surface area (Å²) < 4.78 is 0. The summed E-state index contributed by atoms with van der Waals surface area (Å²) in [5.74, 6) is 2.00. The van der Waals surface area contributed by atoms with E-state index in [-0.39, 0.29) is 0 Å². The summed E-state index contributed by atoms with van der Waals surface area (Å²) in [6.07, 6.45) is 7.87. The Morgan fingerprint density at radius 2 is 1.89 bits per heavy atom. The van der Waals surface area contributed by atoms with Gasteiger partial charge in [-0.1, -0.05) is 12.8 Å². The fourth-order valence-corrected chi connectivity index (χ4v) is 2.66. The maximum atomic E-state index is 5.55. The fraction of sp³-hybridized carbons (Fsp3) is 0.714. The third kappa shape index (κ3) is 3.56. The second-order valence-electron chi connectivity index (χ2n) is 5.35. The van der Waals surface area contributed by atoms with E-state index in [1.165, 1.54) is 25.7 Å². The van der Waals surface area contributed by atoms with Gasteiger partial charge in [0.25, 0.3) is 0 Å². The highest BCUT2D eigenvalue weighted by Crippen LogP contribution is 2.26. The van der Waals surface area contributed by atoms with Crippen molar-refractivity contribution in [3.05, 3.63) is 12.4 Å². The van der Waals surface area contributed by atoms with E-state index in [0.717, 1.165) is 24.6 Å². The molecule has 0 amide bonds. The molecule has 0 bridgehead atoms. The highest BCUT2D eigenvalue weighted by molar-refractivity contribution is 5.49. The highest BCUT2D eigenvalue weighted by Gasteiger charge is 2.21. The number of hydrogen-bond acceptors (Lipinski definition) is 5. The van der Waals surface area contributed by atoms with Crippen molar-refractivity contribution in [2.24, 2.45) is 5.73 Å². The molecule has 0 atom stereocenters. The number of nitrogens with zero attached hydrogens (tertiary/aromatic N) is 4. The van der Waals surface area contributed by atoms with E-state index in [4.69, 9.17) is 5.73 Å². The van der Waals surface area contributed by atoms with Gasteiger partial charge in [-0.2, -0.15) is 0 Å². The van der Waals surface area contributed by atoms with Gasteiger partial charge >= 0.3 is 0 Å². The van der Waals surface area contributed by atoms with E-state index in [0.29, 0.717) is 12.6 Å². The van der Waals surface area contributed by atoms with Crippen molar-refractivity contribution in [2.75, 3.05) is 37.0 Å². The zero-order valence-electron chi connectivity index (χ0n) is 12.0. The first-order valence-electron chi connectivity index (χ1n) is 7.18. The number of anilines is 2. The first-order chi connectivity index (χ1) is 9.22. The van der Waals surface area contributed by atoms with Crippen LogP contribution in [0.25, 0.3) is 0 Å². The van der Waals surface area contributed by atoms with Crippen LogP contribution < -0.4 is 15.5 Å². The van der Waals surface area contributed by atoms with Crippen LogP contribution in [0.5, 0.6) is 0 Å². The van der Waals surface area contributed by atoms with E-state index in [9.17, 15) is 0 Å². The molecule has 0 aliphatic heterocycles. The largest absolute Gasteiger partial charge is 0.359 e. The second kappa shape index (κ2) is 6.70. The maximum Gasteiger partial charge on any atom is 0.134 e. The molecule has 5 nitrogen and oxygen atoms in total. The van der Waals surface area contributed by atoms with Crippen molar-refractivity contribution in [3.8, 4) is 0 Å². The van der Waals surface area contributed by atoms with Gasteiger partial charge < -0.3 is 15.5 Å². The Morgan fingerprint density at radius 3 is 2.58 bits per heavy atom. The molecule has 0 aromatic carbocycles. The standard InChI is InChI=1S/C14H25N5/c1-18(9-5-8-15)13-10-14(17-11-16-13)19(2)12-6-3-4-7-12/h10-12H,3-9,15H2,1-2H3. The summed E-state index contributed by atoms with van der Waals surface area (Å²) >= 11 is 0. The molecule has 5 heteroatoms. The predicted octanol–water partition coefficient (Wildman–Crippen LogP) is 1.64. The first kappa shape index (κ1) is 14.1. The molecule has 1 saturated carbocycles. The molecule has 1 aromatic heterocycles. The maximum absolute atomic E-state index is 5.55. The van der Waals surface area contributed by atoms with E-state index >= 15 is 0 Å². The third-order valence-corrected chi connectivity index (χ3v) is 3.96. The summed E-state index contributed by atoms with van der Waals surface area (Å²) in [6, 6.07) is 2.71. The van der Waals surface area contributed by atoms with Crippen LogP contribution in [0.1, 0.15) is 32.1 Å². The summed E-state index contributed by atoms with van der Waals surface area (Å²) in [4.78, 5) is 13.2. The lowest BCUT2D eigenvalue weighted by Gasteiger charge is -2.26. The molecule has 1 fully saturated rings. The van der Waals surface area contributed by atoms with Crippen molar-refractivity contribution >= 4 is 11.6 Å². The lowest BCUT2D eigenvalue weighted by atomic mass is 10.2. The minimum absolute atomic E-state index is 0.636. The van der Waals surface area contributed by atoms with E-state index in [1.807, 2.05) is 0 Å². The number of rotatable bonds is 6. The summed E-state index contributed by atoms with van der Waals surface area (Å²) in [5.41, 5.74) is 5.55. The van der Waals surface area contributed by atoms with Crippen LogP contribution in [0.3, 0.4) is 0 Å². The van der Waals surface area contributed by atoms with Gasteiger partial charge in [0.1, 0.15) is 18.0 Å². The van der Waals surface area contributed by atoms with Crippen LogP contribution in [0, 0.1) is 0 Å². The van der Waals surface area contributed by atoms with Crippen LogP contribution in [-0.4, -0.2) is 43.2 Å². The van der Waals surface area contributed by atoms with Crippen molar-refractivity contribution < 1.29 is 0 Å². The monoisotopic (exact) mass is 263 g/mol. The zero-order valence-corrected chi connectivity index (χ0v) is 12.0. The summed E-state index contributed by atoms with van der Waals surface area (Å²) in [7, 11) is 4.19. The molecule has 0 spiro atoms. The van der Waals surface area contributed by atoms with Crippen molar-refractivity contribution in [3.63, 3.8) is 0 Å². The molecule has 0 unspecified atom stereocenters. The molecular formula is C14H25N5.